The van der Waals surface area contributed by atoms with Gasteiger partial charge in [-0.05, 0) is 68.3 Å². The van der Waals surface area contributed by atoms with Crippen LogP contribution in [0.15, 0.2) is 77.6 Å². The fourth-order valence-electron chi connectivity index (χ4n) is 3.93. The van der Waals surface area contributed by atoms with E-state index in [1.54, 1.807) is 4.57 Å². The summed E-state index contributed by atoms with van der Waals surface area (Å²) in [6.45, 7) is 3.88. The first-order valence-electron chi connectivity index (χ1n) is 11.8. The maximum atomic E-state index is 13.3. The molecule has 4 aromatic rings. The number of halogens is 1. The van der Waals surface area contributed by atoms with Gasteiger partial charge >= 0.3 is 0 Å². The Morgan fingerprint density at radius 3 is 2.38 bits per heavy atom. The number of unbranched alkanes of at least 4 members (excludes halogenated alkanes) is 3. The standard InChI is InChI=1S/C28H29ClN2O3/c1-2-33-23-10-9-11-24(20-23)34-19-8-4-3-7-18-31-27(21-14-16-22(29)17-15-21)30-26-13-6-5-12-25(26)28(31)32/h5-6,9-17,20H,2-4,7-8,18-19H2,1H3. The first kappa shape index (κ1) is 23.8. The molecule has 0 aliphatic carbocycles. The lowest BCUT2D eigenvalue weighted by atomic mass is 10.1. The molecule has 0 bridgehead atoms. The van der Waals surface area contributed by atoms with E-state index >= 15 is 0 Å². The van der Waals surface area contributed by atoms with Crippen LogP contribution < -0.4 is 15.0 Å². The van der Waals surface area contributed by atoms with Crippen LogP contribution in [0.2, 0.25) is 5.02 Å². The zero-order valence-corrected chi connectivity index (χ0v) is 20.1. The molecule has 34 heavy (non-hydrogen) atoms. The number of benzene rings is 3. The smallest absolute Gasteiger partial charge is 0.261 e. The van der Waals surface area contributed by atoms with Crippen LogP contribution >= 0.6 is 11.6 Å². The summed E-state index contributed by atoms with van der Waals surface area (Å²) in [5.41, 5.74) is 1.59. The molecule has 0 unspecified atom stereocenters. The zero-order valence-electron chi connectivity index (χ0n) is 19.4. The monoisotopic (exact) mass is 476 g/mol. The molecule has 3 aromatic carbocycles. The van der Waals surface area contributed by atoms with Crippen LogP contribution in [0.3, 0.4) is 0 Å². The maximum Gasteiger partial charge on any atom is 0.261 e. The summed E-state index contributed by atoms with van der Waals surface area (Å²) in [5.74, 6) is 2.33. The van der Waals surface area contributed by atoms with E-state index in [1.807, 2.05) is 79.7 Å². The first-order valence-corrected chi connectivity index (χ1v) is 12.1. The van der Waals surface area contributed by atoms with Gasteiger partial charge in [0.25, 0.3) is 5.56 Å². The largest absolute Gasteiger partial charge is 0.494 e. The molecule has 0 saturated heterocycles. The van der Waals surface area contributed by atoms with Gasteiger partial charge in [0.2, 0.25) is 0 Å². The highest BCUT2D eigenvalue weighted by molar-refractivity contribution is 6.30. The third kappa shape index (κ3) is 5.97. The molecule has 0 spiro atoms. The zero-order chi connectivity index (χ0) is 23.8. The molecule has 0 saturated carbocycles. The Labute approximate surface area is 204 Å². The highest BCUT2D eigenvalue weighted by Crippen LogP contribution is 2.22. The second-order valence-corrected chi connectivity index (χ2v) is 8.52. The van der Waals surface area contributed by atoms with Crippen LogP contribution in [0.25, 0.3) is 22.3 Å². The summed E-state index contributed by atoms with van der Waals surface area (Å²) < 4.78 is 13.2. The van der Waals surface area contributed by atoms with Crippen molar-refractivity contribution in [2.75, 3.05) is 13.2 Å². The molecular weight excluding hydrogens is 448 g/mol. The normalized spacial score (nSPS) is 11.0. The van der Waals surface area contributed by atoms with E-state index in [2.05, 4.69) is 0 Å². The third-order valence-corrected chi connectivity index (χ3v) is 5.88. The van der Waals surface area contributed by atoms with E-state index in [4.69, 9.17) is 26.1 Å². The van der Waals surface area contributed by atoms with Gasteiger partial charge in [-0.3, -0.25) is 9.36 Å². The minimum absolute atomic E-state index is 0.00642. The molecule has 0 radical (unpaired) electrons. The second kappa shape index (κ2) is 11.7. The number of para-hydroxylation sites is 1. The molecule has 1 aromatic heterocycles. The van der Waals surface area contributed by atoms with E-state index in [-0.39, 0.29) is 5.56 Å². The van der Waals surface area contributed by atoms with Gasteiger partial charge in [-0.1, -0.05) is 42.6 Å². The average molecular weight is 477 g/mol. The fourth-order valence-corrected chi connectivity index (χ4v) is 4.06. The van der Waals surface area contributed by atoms with E-state index < -0.39 is 0 Å². The highest BCUT2D eigenvalue weighted by atomic mass is 35.5. The summed E-state index contributed by atoms with van der Waals surface area (Å²) in [7, 11) is 0. The van der Waals surface area contributed by atoms with Gasteiger partial charge in [0, 0.05) is 23.2 Å². The Hall–Kier alpha value is -3.31. The minimum atomic E-state index is -0.00642. The lowest BCUT2D eigenvalue weighted by Gasteiger charge is -2.14. The number of hydrogen-bond acceptors (Lipinski definition) is 4. The van der Waals surface area contributed by atoms with Crippen molar-refractivity contribution in [2.45, 2.75) is 39.2 Å². The van der Waals surface area contributed by atoms with E-state index in [0.717, 1.165) is 42.7 Å². The van der Waals surface area contributed by atoms with Gasteiger partial charge in [0.15, 0.2) is 0 Å². The molecule has 0 aliphatic heterocycles. The number of rotatable bonds is 11. The lowest BCUT2D eigenvalue weighted by molar-refractivity contribution is 0.298. The maximum absolute atomic E-state index is 13.3. The molecule has 5 nitrogen and oxygen atoms in total. The predicted molar refractivity (Wildman–Crippen MR) is 138 cm³/mol. The van der Waals surface area contributed by atoms with Crippen molar-refractivity contribution < 1.29 is 9.47 Å². The first-order chi connectivity index (χ1) is 16.7. The molecule has 0 N–H and O–H groups in total. The predicted octanol–water partition coefficient (Wildman–Crippen LogP) is 6.76. The summed E-state index contributed by atoms with van der Waals surface area (Å²) in [5, 5.41) is 1.30. The number of ether oxygens (including phenoxy) is 2. The van der Waals surface area contributed by atoms with Crippen LogP contribution in [0, 0.1) is 0 Å². The van der Waals surface area contributed by atoms with Crippen molar-refractivity contribution in [3.05, 3.63) is 88.2 Å². The highest BCUT2D eigenvalue weighted by Gasteiger charge is 2.12. The van der Waals surface area contributed by atoms with E-state index in [0.29, 0.717) is 41.5 Å². The fraction of sp³-hybridized carbons (Fsp3) is 0.286. The second-order valence-electron chi connectivity index (χ2n) is 8.09. The SMILES string of the molecule is CCOc1cccc(OCCCCCCn2c(-c3ccc(Cl)cc3)nc3ccccc3c2=O)c1. The van der Waals surface area contributed by atoms with Gasteiger partial charge in [0.1, 0.15) is 17.3 Å². The van der Waals surface area contributed by atoms with Crippen LogP contribution in [-0.2, 0) is 6.54 Å². The van der Waals surface area contributed by atoms with E-state index in [1.165, 1.54) is 0 Å². The van der Waals surface area contributed by atoms with E-state index in [9.17, 15) is 4.79 Å². The van der Waals surface area contributed by atoms with Crippen LogP contribution in [0.4, 0.5) is 0 Å². The number of nitrogens with zero attached hydrogens (tertiary/aromatic N) is 2. The topological polar surface area (TPSA) is 53.4 Å². The number of aromatic nitrogens is 2. The summed E-state index contributed by atoms with van der Waals surface area (Å²) in [6, 6.07) is 22.7. The lowest BCUT2D eigenvalue weighted by Crippen LogP contribution is -2.23. The summed E-state index contributed by atoms with van der Waals surface area (Å²) >= 11 is 6.06. The Morgan fingerprint density at radius 2 is 1.59 bits per heavy atom. The Kier molecular flexibility index (Phi) is 8.21. The summed E-state index contributed by atoms with van der Waals surface area (Å²) in [4.78, 5) is 18.1. The van der Waals surface area contributed by atoms with Gasteiger partial charge < -0.3 is 9.47 Å². The van der Waals surface area contributed by atoms with Crippen LogP contribution in [0.1, 0.15) is 32.6 Å². The van der Waals surface area contributed by atoms with Crippen molar-refractivity contribution in [3.63, 3.8) is 0 Å². The number of fused-ring (bicyclic) bond motifs is 1. The van der Waals surface area contributed by atoms with Gasteiger partial charge in [-0.2, -0.15) is 0 Å². The molecule has 0 amide bonds. The van der Waals surface area contributed by atoms with Crippen molar-refractivity contribution in [1.29, 1.82) is 0 Å². The number of hydrogen-bond donors (Lipinski definition) is 0. The molecule has 0 atom stereocenters. The molecule has 176 valence electrons. The Bertz CT molecular complexity index is 1290. The molecule has 1 heterocycles. The van der Waals surface area contributed by atoms with Gasteiger partial charge in [0.05, 0.1) is 24.1 Å². The van der Waals surface area contributed by atoms with Crippen molar-refractivity contribution >= 4 is 22.5 Å². The van der Waals surface area contributed by atoms with Gasteiger partial charge in [-0.15, -0.1) is 0 Å². The molecular formula is C28H29ClN2O3. The van der Waals surface area contributed by atoms with Crippen molar-refractivity contribution in [2.24, 2.45) is 0 Å². The quantitative estimate of drug-likeness (QED) is 0.224. The molecule has 4 rings (SSSR count). The Morgan fingerprint density at radius 1 is 0.853 bits per heavy atom. The van der Waals surface area contributed by atoms with Gasteiger partial charge in [-0.25, -0.2) is 4.98 Å². The molecule has 6 heteroatoms. The third-order valence-electron chi connectivity index (χ3n) is 5.63. The van der Waals surface area contributed by atoms with Crippen molar-refractivity contribution in [3.8, 4) is 22.9 Å². The van der Waals surface area contributed by atoms with Crippen LogP contribution in [0.5, 0.6) is 11.5 Å². The molecule has 0 aliphatic rings. The molecule has 0 fully saturated rings. The summed E-state index contributed by atoms with van der Waals surface area (Å²) in [6.07, 6.45) is 3.87. The van der Waals surface area contributed by atoms with Crippen molar-refractivity contribution in [1.82, 2.24) is 9.55 Å². The van der Waals surface area contributed by atoms with Crippen LogP contribution in [-0.4, -0.2) is 22.8 Å². The average Bonchev–Trinajstić information content (AvgIpc) is 2.85. The Balaban J connectivity index is 1.36. The minimum Gasteiger partial charge on any atom is -0.494 e.